The molecule has 8 heteroatoms. The van der Waals surface area contributed by atoms with Gasteiger partial charge in [-0.25, -0.2) is 0 Å². The maximum atomic E-state index is 12.4. The molecule has 1 N–H and O–H groups in total. The van der Waals surface area contributed by atoms with Gasteiger partial charge in [0.25, 0.3) is 5.91 Å². The number of benzene rings is 2. The fourth-order valence-electron chi connectivity index (χ4n) is 3.39. The topological polar surface area (TPSA) is 84.9 Å². The molecule has 2 aromatic carbocycles. The van der Waals surface area contributed by atoms with Crippen LogP contribution in [0.5, 0.6) is 5.75 Å². The highest BCUT2D eigenvalue weighted by Gasteiger charge is 2.38. The number of amides is 2. The fourth-order valence-corrected chi connectivity index (χ4v) is 3.57. The summed E-state index contributed by atoms with van der Waals surface area (Å²) in [5.41, 5.74) is 1.37. The Labute approximate surface area is 179 Å². The normalized spacial score (nSPS) is 16.8. The zero-order valence-electron chi connectivity index (χ0n) is 16.8. The van der Waals surface area contributed by atoms with E-state index in [1.165, 1.54) is 7.11 Å². The lowest BCUT2D eigenvalue weighted by atomic mass is 10.1. The minimum absolute atomic E-state index is 0.0692. The molecule has 1 saturated heterocycles. The largest absolute Gasteiger partial charge is 0.495 e. The molecule has 2 amide bonds. The minimum atomic E-state index is -0.600. The lowest BCUT2D eigenvalue weighted by Gasteiger charge is -2.25. The molecule has 1 aliphatic heterocycles. The van der Waals surface area contributed by atoms with Gasteiger partial charge in [0.1, 0.15) is 5.75 Å². The third-order valence-corrected chi connectivity index (χ3v) is 5.26. The number of likely N-dealkylation sites (tertiary alicyclic amines) is 1. The van der Waals surface area contributed by atoms with Crippen LogP contribution in [0.3, 0.4) is 0 Å². The number of ether oxygens (including phenoxy) is 2. The predicted octanol–water partition coefficient (Wildman–Crippen LogP) is 3.44. The molecule has 0 aromatic heterocycles. The number of rotatable bonds is 7. The van der Waals surface area contributed by atoms with Crippen LogP contribution in [0.2, 0.25) is 5.02 Å². The highest BCUT2D eigenvalue weighted by atomic mass is 35.5. The van der Waals surface area contributed by atoms with Crippen LogP contribution in [0, 0.1) is 5.92 Å². The Morgan fingerprint density at radius 3 is 2.67 bits per heavy atom. The molecule has 2 aromatic rings. The number of carbonyl (C=O) groups excluding carboxylic acids is 3. The zero-order chi connectivity index (χ0) is 21.7. The van der Waals surface area contributed by atoms with Crippen LogP contribution in [0.1, 0.15) is 24.9 Å². The summed E-state index contributed by atoms with van der Waals surface area (Å²) in [5, 5.41) is 3.03. The van der Waals surface area contributed by atoms with E-state index in [1.807, 2.05) is 37.3 Å². The SMILES string of the molecule is COc1ccc(Cl)cc1NC(=O)COC(=O)[C@@H]1CC(=O)N([C@H](C)c2ccccc2)C1. The Balaban J connectivity index is 1.53. The van der Waals surface area contributed by atoms with E-state index in [4.69, 9.17) is 21.1 Å². The number of nitrogens with one attached hydrogen (secondary N) is 1. The molecule has 0 unspecified atom stereocenters. The van der Waals surface area contributed by atoms with E-state index >= 15 is 0 Å². The summed E-state index contributed by atoms with van der Waals surface area (Å²) in [6, 6.07) is 14.3. The lowest BCUT2D eigenvalue weighted by molar-refractivity contribution is -0.151. The highest BCUT2D eigenvalue weighted by Crippen LogP contribution is 2.29. The Morgan fingerprint density at radius 1 is 1.23 bits per heavy atom. The minimum Gasteiger partial charge on any atom is -0.495 e. The first-order valence-corrected chi connectivity index (χ1v) is 9.91. The van der Waals surface area contributed by atoms with Crippen LogP contribution >= 0.6 is 11.6 Å². The van der Waals surface area contributed by atoms with Crippen molar-refractivity contribution in [3.05, 3.63) is 59.1 Å². The summed E-state index contributed by atoms with van der Waals surface area (Å²) in [5.74, 6) is -1.37. The highest BCUT2D eigenvalue weighted by molar-refractivity contribution is 6.31. The molecule has 0 saturated carbocycles. The first kappa shape index (κ1) is 21.6. The number of methoxy groups -OCH3 is 1. The predicted molar refractivity (Wildman–Crippen MR) is 112 cm³/mol. The van der Waals surface area contributed by atoms with Crippen molar-refractivity contribution < 1.29 is 23.9 Å². The average molecular weight is 431 g/mol. The second-order valence-corrected chi connectivity index (χ2v) is 7.47. The summed E-state index contributed by atoms with van der Waals surface area (Å²) < 4.78 is 10.3. The van der Waals surface area contributed by atoms with Gasteiger partial charge in [0.05, 0.1) is 24.8 Å². The third kappa shape index (κ3) is 5.10. The molecule has 2 atom stereocenters. The number of hydrogen-bond acceptors (Lipinski definition) is 5. The Hall–Kier alpha value is -3.06. The fraction of sp³-hybridized carbons (Fsp3) is 0.318. The van der Waals surface area contributed by atoms with E-state index in [-0.39, 0.29) is 24.9 Å². The molecule has 0 radical (unpaired) electrons. The molecule has 0 spiro atoms. The lowest BCUT2D eigenvalue weighted by Crippen LogP contribution is -2.30. The van der Waals surface area contributed by atoms with Crippen molar-refractivity contribution in [2.24, 2.45) is 5.92 Å². The van der Waals surface area contributed by atoms with E-state index in [9.17, 15) is 14.4 Å². The molecule has 30 heavy (non-hydrogen) atoms. The van der Waals surface area contributed by atoms with Gasteiger partial charge in [-0.2, -0.15) is 0 Å². The van der Waals surface area contributed by atoms with Gasteiger partial charge in [-0.1, -0.05) is 41.9 Å². The van der Waals surface area contributed by atoms with Gasteiger partial charge in [-0.15, -0.1) is 0 Å². The Morgan fingerprint density at radius 2 is 1.97 bits per heavy atom. The van der Waals surface area contributed by atoms with Crippen molar-refractivity contribution in [1.82, 2.24) is 4.90 Å². The van der Waals surface area contributed by atoms with Crippen LogP contribution in [0.15, 0.2) is 48.5 Å². The van der Waals surface area contributed by atoms with E-state index in [0.29, 0.717) is 16.5 Å². The Kier molecular flexibility index (Phi) is 6.95. The van der Waals surface area contributed by atoms with Crippen LogP contribution in [-0.4, -0.2) is 42.9 Å². The molecule has 1 heterocycles. The smallest absolute Gasteiger partial charge is 0.311 e. The summed E-state index contributed by atoms with van der Waals surface area (Å²) in [6.07, 6.45) is 0.0692. The molecular weight excluding hydrogens is 408 g/mol. The molecule has 158 valence electrons. The molecule has 1 aliphatic rings. The molecule has 1 fully saturated rings. The van der Waals surface area contributed by atoms with Crippen molar-refractivity contribution >= 4 is 35.1 Å². The van der Waals surface area contributed by atoms with Crippen molar-refractivity contribution in [1.29, 1.82) is 0 Å². The van der Waals surface area contributed by atoms with Gasteiger partial charge in [0.2, 0.25) is 5.91 Å². The molecule has 7 nitrogen and oxygen atoms in total. The van der Waals surface area contributed by atoms with Crippen molar-refractivity contribution in [2.45, 2.75) is 19.4 Å². The van der Waals surface area contributed by atoms with Crippen LogP contribution in [-0.2, 0) is 19.1 Å². The maximum absolute atomic E-state index is 12.4. The van der Waals surface area contributed by atoms with Gasteiger partial charge in [0.15, 0.2) is 6.61 Å². The monoisotopic (exact) mass is 430 g/mol. The first-order chi connectivity index (χ1) is 14.4. The standard InChI is InChI=1S/C22H23ClN2O5/c1-14(15-6-4-3-5-7-15)25-12-16(10-21(25)27)22(28)30-13-20(26)24-18-11-17(23)8-9-19(18)29-2/h3-9,11,14,16H,10,12-13H2,1-2H3,(H,24,26)/t14-,16-/m1/s1. The Bertz CT molecular complexity index is 934. The van der Waals surface area contributed by atoms with Crippen LogP contribution in [0.4, 0.5) is 5.69 Å². The van der Waals surface area contributed by atoms with Crippen molar-refractivity contribution in [3.63, 3.8) is 0 Å². The molecule has 0 bridgehead atoms. The van der Waals surface area contributed by atoms with Crippen molar-refractivity contribution in [3.8, 4) is 5.75 Å². The average Bonchev–Trinajstić information content (AvgIpc) is 3.14. The summed E-state index contributed by atoms with van der Waals surface area (Å²) in [6.45, 7) is 1.72. The number of nitrogens with zero attached hydrogens (tertiary/aromatic N) is 1. The van der Waals surface area contributed by atoms with Gasteiger partial charge >= 0.3 is 5.97 Å². The maximum Gasteiger partial charge on any atom is 0.311 e. The van der Waals surface area contributed by atoms with E-state index < -0.39 is 24.4 Å². The third-order valence-electron chi connectivity index (χ3n) is 5.02. The number of hydrogen-bond donors (Lipinski definition) is 1. The number of carbonyl (C=O) groups is 3. The first-order valence-electron chi connectivity index (χ1n) is 9.53. The number of esters is 1. The zero-order valence-corrected chi connectivity index (χ0v) is 17.5. The van der Waals surface area contributed by atoms with Crippen LogP contribution in [0.25, 0.3) is 0 Å². The molecule has 3 rings (SSSR count). The molecule has 0 aliphatic carbocycles. The van der Waals surface area contributed by atoms with Gasteiger partial charge in [-0.3, -0.25) is 14.4 Å². The van der Waals surface area contributed by atoms with E-state index in [2.05, 4.69) is 5.32 Å². The number of anilines is 1. The summed E-state index contributed by atoms with van der Waals surface area (Å²) in [4.78, 5) is 38.6. The van der Waals surface area contributed by atoms with E-state index in [0.717, 1.165) is 5.56 Å². The van der Waals surface area contributed by atoms with E-state index in [1.54, 1.807) is 23.1 Å². The van der Waals surface area contributed by atoms with Gasteiger partial charge in [-0.05, 0) is 30.7 Å². The summed E-state index contributed by atoms with van der Waals surface area (Å²) in [7, 11) is 1.47. The second kappa shape index (κ2) is 9.63. The van der Waals surface area contributed by atoms with Gasteiger partial charge in [0, 0.05) is 18.0 Å². The molecular formula is C22H23ClN2O5. The quantitative estimate of drug-likeness (QED) is 0.680. The summed E-state index contributed by atoms with van der Waals surface area (Å²) >= 11 is 5.94. The van der Waals surface area contributed by atoms with Crippen LogP contribution < -0.4 is 10.1 Å². The van der Waals surface area contributed by atoms with Gasteiger partial charge < -0.3 is 19.7 Å². The second-order valence-electron chi connectivity index (χ2n) is 7.03. The van der Waals surface area contributed by atoms with Crippen molar-refractivity contribution in [2.75, 3.05) is 25.6 Å². The number of halogens is 1.